The third kappa shape index (κ3) is 4.16. The van der Waals surface area contributed by atoms with Crippen LogP contribution in [0.3, 0.4) is 0 Å². The number of carboxylic acid groups (broad SMARTS) is 1. The lowest BCUT2D eigenvalue weighted by atomic mass is 9.98. The van der Waals surface area contributed by atoms with Gasteiger partial charge in [0, 0.05) is 24.1 Å². The second kappa shape index (κ2) is 6.84. The maximum absolute atomic E-state index is 10.5. The molecular formula is C14H19NO3S. The fraction of sp³-hybridized carbons (Fsp3) is 0.500. The Labute approximate surface area is 117 Å². The number of thiophene rings is 1. The number of hydrogen-bond acceptors (Lipinski definition) is 4. The van der Waals surface area contributed by atoms with E-state index in [1.807, 2.05) is 11.4 Å². The summed E-state index contributed by atoms with van der Waals surface area (Å²) < 4.78 is 0. The molecule has 0 aliphatic carbocycles. The van der Waals surface area contributed by atoms with Crippen LogP contribution in [0.5, 0.6) is 0 Å². The summed E-state index contributed by atoms with van der Waals surface area (Å²) in [7, 11) is 0. The predicted octanol–water partition coefficient (Wildman–Crippen LogP) is 2.05. The van der Waals surface area contributed by atoms with E-state index in [9.17, 15) is 4.79 Å². The first-order valence-electron chi connectivity index (χ1n) is 6.49. The molecule has 1 fully saturated rings. The van der Waals surface area contributed by atoms with E-state index >= 15 is 0 Å². The minimum Gasteiger partial charge on any atom is -0.478 e. The number of hydrogen-bond donors (Lipinski definition) is 2. The molecule has 2 rings (SSSR count). The first-order valence-corrected chi connectivity index (χ1v) is 7.37. The Morgan fingerprint density at radius 3 is 2.84 bits per heavy atom. The normalized spacial score (nSPS) is 18.2. The molecule has 0 bridgehead atoms. The SMILES string of the molecule is O=C(O)C=Cc1ccsc1CN1CCC(CO)CC1. The van der Waals surface area contributed by atoms with E-state index in [2.05, 4.69) is 4.90 Å². The smallest absolute Gasteiger partial charge is 0.328 e. The largest absolute Gasteiger partial charge is 0.478 e. The summed E-state index contributed by atoms with van der Waals surface area (Å²) >= 11 is 1.67. The van der Waals surface area contributed by atoms with Gasteiger partial charge in [-0.15, -0.1) is 11.3 Å². The van der Waals surface area contributed by atoms with E-state index in [1.165, 1.54) is 11.0 Å². The van der Waals surface area contributed by atoms with Gasteiger partial charge < -0.3 is 10.2 Å². The minimum atomic E-state index is -0.916. The number of aliphatic hydroxyl groups is 1. The van der Waals surface area contributed by atoms with Crippen molar-refractivity contribution in [1.29, 1.82) is 0 Å². The molecule has 5 heteroatoms. The summed E-state index contributed by atoms with van der Waals surface area (Å²) in [6.07, 6.45) is 4.93. The van der Waals surface area contributed by atoms with E-state index in [0.717, 1.165) is 38.0 Å². The molecule has 104 valence electrons. The second-order valence-electron chi connectivity index (χ2n) is 4.87. The Morgan fingerprint density at radius 1 is 1.47 bits per heavy atom. The molecule has 0 atom stereocenters. The Hall–Kier alpha value is -1.17. The molecule has 1 saturated heterocycles. The Balaban J connectivity index is 1.93. The van der Waals surface area contributed by atoms with Crippen LogP contribution in [-0.4, -0.2) is 40.8 Å². The Kier molecular flexibility index (Phi) is 5.13. The zero-order chi connectivity index (χ0) is 13.7. The molecule has 0 amide bonds. The van der Waals surface area contributed by atoms with Gasteiger partial charge in [0.15, 0.2) is 0 Å². The summed E-state index contributed by atoms with van der Waals surface area (Å²) in [4.78, 5) is 14.1. The van der Waals surface area contributed by atoms with Crippen LogP contribution in [0.25, 0.3) is 6.08 Å². The van der Waals surface area contributed by atoms with E-state index in [-0.39, 0.29) is 0 Å². The van der Waals surface area contributed by atoms with Crippen molar-refractivity contribution in [3.8, 4) is 0 Å². The van der Waals surface area contributed by atoms with Gasteiger partial charge in [-0.25, -0.2) is 4.79 Å². The number of piperidine rings is 1. The minimum absolute atomic E-state index is 0.291. The topological polar surface area (TPSA) is 60.8 Å². The van der Waals surface area contributed by atoms with Crippen molar-refractivity contribution >= 4 is 23.4 Å². The van der Waals surface area contributed by atoms with Crippen LogP contribution in [-0.2, 0) is 11.3 Å². The van der Waals surface area contributed by atoms with E-state index in [4.69, 9.17) is 10.2 Å². The summed E-state index contributed by atoms with van der Waals surface area (Å²) in [5.74, 6) is -0.466. The maximum atomic E-state index is 10.5. The molecule has 1 aliphatic rings. The molecular weight excluding hydrogens is 262 g/mol. The fourth-order valence-electron chi connectivity index (χ4n) is 2.32. The molecule has 0 spiro atoms. The number of rotatable bonds is 5. The van der Waals surface area contributed by atoms with Crippen molar-refractivity contribution in [2.24, 2.45) is 5.92 Å². The number of carbonyl (C=O) groups is 1. The molecule has 0 radical (unpaired) electrons. The Bertz CT molecular complexity index is 447. The van der Waals surface area contributed by atoms with Crippen LogP contribution < -0.4 is 0 Å². The Morgan fingerprint density at radius 2 is 2.21 bits per heavy atom. The van der Waals surface area contributed by atoms with Crippen LogP contribution in [0.15, 0.2) is 17.5 Å². The molecule has 0 aromatic carbocycles. The molecule has 1 aliphatic heterocycles. The molecule has 2 N–H and O–H groups in total. The van der Waals surface area contributed by atoms with Crippen molar-refractivity contribution in [2.45, 2.75) is 19.4 Å². The quantitative estimate of drug-likeness (QED) is 0.811. The number of carboxylic acids is 1. The standard InChI is InChI=1S/C14H19NO3S/c16-10-11-3-6-15(7-4-11)9-13-12(5-8-19-13)1-2-14(17)18/h1-2,5,8,11,16H,3-4,6-7,9-10H2,(H,17,18). The van der Waals surface area contributed by atoms with Crippen molar-refractivity contribution in [2.75, 3.05) is 19.7 Å². The molecule has 4 nitrogen and oxygen atoms in total. The van der Waals surface area contributed by atoms with Crippen molar-refractivity contribution in [3.63, 3.8) is 0 Å². The van der Waals surface area contributed by atoms with Crippen molar-refractivity contribution in [3.05, 3.63) is 28.0 Å². The maximum Gasteiger partial charge on any atom is 0.328 e. The van der Waals surface area contributed by atoms with Gasteiger partial charge in [0.2, 0.25) is 0 Å². The van der Waals surface area contributed by atoms with Crippen molar-refractivity contribution in [1.82, 2.24) is 4.90 Å². The summed E-state index contributed by atoms with van der Waals surface area (Å²) in [5, 5.41) is 19.8. The first kappa shape index (κ1) is 14.2. The van der Waals surface area contributed by atoms with Gasteiger partial charge in [-0.3, -0.25) is 4.90 Å². The summed E-state index contributed by atoms with van der Waals surface area (Å²) in [5.41, 5.74) is 0.997. The highest BCUT2D eigenvalue weighted by Crippen LogP contribution is 2.23. The lowest BCUT2D eigenvalue weighted by Gasteiger charge is -2.30. The average Bonchev–Trinajstić information content (AvgIpc) is 2.84. The van der Waals surface area contributed by atoms with Gasteiger partial charge >= 0.3 is 5.97 Å². The third-order valence-electron chi connectivity index (χ3n) is 3.52. The zero-order valence-corrected chi connectivity index (χ0v) is 11.6. The average molecular weight is 281 g/mol. The molecule has 2 heterocycles. The fourth-order valence-corrected chi connectivity index (χ4v) is 3.23. The monoisotopic (exact) mass is 281 g/mol. The zero-order valence-electron chi connectivity index (χ0n) is 10.8. The first-order chi connectivity index (χ1) is 9.19. The van der Waals surface area contributed by atoms with Gasteiger partial charge in [0.25, 0.3) is 0 Å². The highest BCUT2D eigenvalue weighted by Gasteiger charge is 2.19. The van der Waals surface area contributed by atoms with Crippen LogP contribution in [0.1, 0.15) is 23.3 Å². The number of likely N-dealkylation sites (tertiary alicyclic amines) is 1. The molecule has 0 saturated carbocycles. The van der Waals surface area contributed by atoms with Gasteiger partial charge in [-0.1, -0.05) is 0 Å². The third-order valence-corrected chi connectivity index (χ3v) is 4.44. The van der Waals surface area contributed by atoms with Crippen LogP contribution >= 0.6 is 11.3 Å². The number of aliphatic hydroxyl groups excluding tert-OH is 1. The molecule has 19 heavy (non-hydrogen) atoms. The molecule has 0 unspecified atom stereocenters. The molecule has 1 aromatic heterocycles. The van der Waals surface area contributed by atoms with E-state index in [1.54, 1.807) is 17.4 Å². The highest BCUT2D eigenvalue weighted by atomic mass is 32.1. The lowest BCUT2D eigenvalue weighted by Crippen LogP contribution is -2.34. The number of aliphatic carboxylic acids is 1. The van der Waals surface area contributed by atoms with Gasteiger partial charge in [-0.05, 0) is 54.9 Å². The van der Waals surface area contributed by atoms with Crippen LogP contribution in [0.4, 0.5) is 0 Å². The van der Waals surface area contributed by atoms with E-state index in [0.29, 0.717) is 12.5 Å². The van der Waals surface area contributed by atoms with Crippen LogP contribution in [0, 0.1) is 5.92 Å². The van der Waals surface area contributed by atoms with Gasteiger partial charge in [0.1, 0.15) is 0 Å². The van der Waals surface area contributed by atoms with E-state index < -0.39 is 5.97 Å². The lowest BCUT2D eigenvalue weighted by molar-refractivity contribution is -0.131. The second-order valence-corrected chi connectivity index (χ2v) is 5.87. The summed E-state index contributed by atoms with van der Waals surface area (Å²) in [6.45, 7) is 3.17. The predicted molar refractivity (Wildman–Crippen MR) is 76.1 cm³/mol. The number of nitrogens with zero attached hydrogens (tertiary/aromatic N) is 1. The van der Waals surface area contributed by atoms with Gasteiger partial charge in [-0.2, -0.15) is 0 Å². The highest BCUT2D eigenvalue weighted by molar-refractivity contribution is 7.10. The molecule has 1 aromatic rings. The van der Waals surface area contributed by atoms with Gasteiger partial charge in [0.05, 0.1) is 0 Å². The summed E-state index contributed by atoms with van der Waals surface area (Å²) in [6, 6.07) is 1.96. The van der Waals surface area contributed by atoms with Crippen molar-refractivity contribution < 1.29 is 15.0 Å². The van der Waals surface area contributed by atoms with Crippen LogP contribution in [0.2, 0.25) is 0 Å².